The number of likely N-dealkylation sites (N-methyl/N-ethyl adjacent to an activating group) is 1. The number of nitrogens with one attached hydrogen (secondary N) is 2. The van der Waals surface area contributed by atoms with Crippen LogP contribution >= 0.6 is 0 Å². The lowest BCUT2D eigenvalue weighted by molar-refractivity contribution is -0.266. The van der Waals surface area contributed by atoms with E-state index in [1.165, 1.54) is 38.6 Å². The smallest absolute Gasteiger partial charge is 0.410 e. The molecule has 0 saturated carbocycles. The third-order valence-electron chi connectivity index (χ3n) is 13.9. The Balaban J connectivity index is 1.39. The lowest BCUT2D eigenvalue weighted by Gasteiger charge is -2.44. The number of nitrogens with two attached hydrogens (primary N) is 1. The monoisotopic (exact) mass is 1000 g/mol. The van der Waals surface area contributed by atoms with Crippen LogP contribution in [0.2, 0.25) is 0 Å². The molecule has 2 unspecified atom stereocenters. The second-order valence-electron chi connectivity index (χ2n) is 19.5. The van der Waals surface area contributed by atoms with Crippen LogP contribution < -0.4 is 15.8 Å². The first-order valence-corrected chi connectivity index (χ1v) is 25.9. The standard InChI is InChI=1S/C49H77N9O11S/c1-12-39(56(9)10)42(60)46(66-25-22-53-70(63,64)37-20-17-21-51-29-37)68-44-32(4)41(59)33(5)45(61)67-40(13-2)49(8)43(34(6)52-28-31(3)27-48(44,7)65-11)58(47(62)69-49)24-15-14-23-57-30-38(54-55-57)35-18-16-19-36(50)26-35/h16-21,26,29-34,39-40,42-44,46,52-53,60H,12-15,22-25,27-28,50H2,1-11H3/t31-,32+,33-,34-,39?,40-,42?,43-,44-,46+,48-,49-/m1/s1. The number of esters is 1. The van der Waals surface area contributed by atoms with E-state index >= 15 is 0 Å². The fourth-order valence-electron chi connectivity index (χ4n) is 10.1. The molecule has 2 aliphatic rings. The van der Waals surface area contributed by atoms with Crippen LogP contribution in [0.25, 0.3) is 11.3 Å². The maximum Gasteiger partial charge on any atom is 0.410 e. The Labute approximate surface area is 413 Å². The van der Waals surface area contributed by atoms with Gasteiger partial charge in [-0.25, -0.2) is 17.9 Å². The summed E-state index contributed by atoms with van der Waals surface area (Å²) in [5.74, 6) is -3.74. The first kappa shape index (κ1) is 56.3. The number of hydrogen-bond acceptors (Lipinski definition) is 17. The first-order chi connectivity index (χ1) is 33.1. The van der Waals surface area contributed by atoms with Crippen molar-refractivity contribution < 1.29 is 51.6 Å². The molecule has 4 heterocycles. The Morgan fingerprint density at radius 2 is 1.80 bits per heavy atom. The largest absolute Gasteiger partial charge is 0.458 e. The molecule has 70 heavy (non-hydrogen) atoms. The number of Topliss-reactive ketones (excluding diaryl/α,β-unsaturated/α-hetero) is 1. The molecule has 0 bridgehead atoms. The quantitative estimate of drug-likeness (QED) is 0.0405. The van der Waals surface area contributed by atoms with Gasteiger partial charge in [0.05, 0.1) is 30.6 Å². The molecule has 2 fully saturated rings. The molecule has 20 nitrogen and oxygen atoms in total. The van der Waals surface area contributed by atoms with Crippen LogP contribution in [0.15, 0.2) is 59.9 Å². The number of benzene rings is 1. The van der Waals surface area contributed by atoms with Crippen molar-refractivity contribution >= 4 is 33.6 Å². The fourth-order valence-corrected chi connectivity index (χ4v) is 11.0. The minimum Gasteiger partial charge on any atom is -0.458 e. The number of anilines is 1. The molecule has 1 amide bonds. The molecule has 2 aromatic heterocycles. The highest BCUT2D eigenvalue weighted by Gasteiger charge is 2.58. The number of nitrogens with zero attached hydrogens (tertiary/aromatic N) is 6. The second-order valence-corrected chi connectivity index (χ2v) is 21.2. The second kappa shape index (κ2) is 24.7. The van der Waals surface area contributed by atoms with Crippen LogP contribution in [0.1, 0.15) is 87.5 Å². The van der Waals surface area contributed by atoms with Crippen molar-refractivity contribution in [2.45, 2.75) is 153 Å². The van der Waals surface area contributed by atoms with Crippen molar-refractivity contribution in [2.75, 3.05) is 53.2 Å². The molecule has 0 radical (unpaired) electrons. The molecule has 5 rings (SSSR count). The molecular formula is C49H77N9O11S. The predicted molar refractivity (Wildman–Crippen MR) is 262 cm³/mol. The Hall–Kier alpha value is -4.61. The van der Waals surface area contributed by atoms with Crippen LogP contribution in [-0.2, 0) is 49.8 Å². The first-order valence-electron chi connectivity index (χ1n) is 24.4. The summed E-state index contributed by atoms with van der Waals surface area (Å²) in [7, 11) is 1.22. The SMILES string of the molecule is CCC(C(O)[C@@H](OCCNS(=O)(=O)c1cccnc1)O[C@@H]1[C@@H](C)C(=O)[C@@H](C)C(=O)O[C@H](CC)[C@@]2(C)OC(=O)N(CCCCn3cc(-c4cccc(N)c4)nn3)[C@@H]2[C@@H](C)NC[C@H](C)C[C@@]1(C)OC)N(C)C. The van der Waals surface area contributed by atoms with E-state index in [0.717, 1.165) is 5.56 Å². The van der Waals surface area contributed by atoms with E-state index in [1.54, 1.807) is 23.4 Å². The van der Waals surface area contributed by atoms with Crippen LogP contribution in [0.4, 0.5) is 10.5 Å². The maximum absolute atomic E-state index is 14.7. The molecule has 390 valence electrons. The summed E-state index contributed by atoms with van der Waals surface area (Å²) in [6.07, 6.45) is 1.77. The van der Waals surface area contributed by atoms with Gasteiger partial charge < -0.3 is 44.7 Å². The number of ether oxygens (including phenoxy) is 5. The third-order valence-corrected chi connectivity index (χ3v) is 15.4. The number of hydrogen-bond donors (Lipinski definition) is 4. The van der Waals surface area contributed by atoms with Gasteiger partial charge in [-0.15, -0.1) is 5.10 Å². The lowest BCUT2D eigenvalue weighted by Crippen LogP contribution is -2.61. The topological polar surface area (TPSA) is 252 Å². The van der Waals surface area contributed by atoms with Crippen molar-refractivity contribution in [3.8, 4) is 11.3 Å². The van der Waals surface area contributed by atoms with Gasteiger partial charge >= 0.3 is 12.1 Å². The average Bonchev–Trinajstić information content (AvgIpc) is 3.91. The van der Waals surface area contributed by atoms with Gasteiger partial charge in [0.25, 0.3) is 0 Å². The molecule has 21 heteroatoms. The Bertz CT molecular complexity index is 2290. The van der Waals surface area contributed by atoms with Gasteiger partial charge in [-0.05, 0) is 111 Å². The summed E-state index contributed by atoms with van der Waals surface area (Å²) in [6.45, 7) is 15.5. The van der Waals surface area contributed by atoms with Crippen LogP contribution in [-0.4, -0.2) is 163 Å². The van der Waals surface area contributed by atoms with E-state index in [9.17, 15) is 27.9 Å². The fraction of sp³-hybridized carbons (Fsp3) is 0.673. The molecule has 3 aromatic rings. The van der Waals surface area contributed by atoms with Gasteiger partial charge in [-0.1, -0.05) is 45.0 Å². The molecule has 2 aliphatic heterocycles. The van der Waals surface area contributed by atoms with Crippen LogP contribution in [0.3, 0.4) is 0 Å². The van der Waals surface area contributed by atoms with Crippen molar-refractivity contribution in [3.63, 3.8) is 0 Å². The molecule has 1 aromatic carbocycles. The third kappa shape index (κ3) is 13.5. The molecule has 5 N–H and O–H groups in total. The molecule has 0 aliphatic carbocycles. The van der Waals surface area contributed by atoms with Crippen LogP contribution in [0.5, 0.6) is 0 Å². The van der Waals surface area contributed by atoms with Crippen molar-refractivity contribution in [3.05, 3.63) is 55.0 Å². The van der Waals surface area contributed by atoms with Gasteiger partial charge in [0.1, 0.15) is 28.7 Å². The predicted octanol–water partition coefficient (Wildman–Crippen LogP) is 4.28. The number of carbonyl (C=O) groups excluding carboxylic acids is 3. The number of cyclic esters (lactones) is 1. The van der Waals surface area contributed by atoms with Crippen molar-refractivity contribution in [2.24, 2.45) is 17.8 Å². The molecule has 0 spiro atoms. The number of pyridine rings is 1. The molecule has 12 atom stereocenters. The number of aliphatic hydroxyl groups excluding tert-OH is 1. The van der Waals surface area contributed by atoms with E-state index < -0.39 is 87.6 Å². The zero-order valence-corrected chi connectivity index (χ0v) is 43.6. The number of nitrogen functional groups attached to an aromatic ring is 1. The minimum atomic E-state index is -3.93. The summed E-state index contributed by atoms with van der Waals surface area (Å²) < 4.78 is 62.0. The average molecular weight is 1000 g/mol. The zero-order valence-electron chi connectivity index (χ0n) is 42.7. The van der Waals surface area contributed by atoms with E-state index in [1.807, 2.05) is 84.1 Å². The summed E-state index contributed by atoms with van der Waals surface area (Å²) in [6, 6.07) is 8.96. The van der Waals surface area contributed by atoms with E-state index in [0.29, 0.717) is 56.7 Å². The molecular weight excluding hydrogens is 923 g/mol. The number of ketones is 1. The Morgan fingerprint density at radius 3 is 2.44 bits per heavy atom. The Morgan fingerprint density at radius 1 is 1.07 bits per heavy atom. The van der Waals surface area contributed by atoms with E-state index in [4.69, 9.17) is 29.4 Å². The van der Waals surface area contributed by atoms with Gasteiger partial charge in [0.15, 0.2) is 17.7 Å². The highest BCUT2D eigenvalue weighted by molar-refractivity contribution is 7.89. The number of sulfonamides is 1. The number of aliphatic hydroxyl groups is 1. The van der Waals surface area contributed by atoms with Gasteiger partial charge in [0.2, 0.25) is 10.0 Å². The van der Waals surface area contributed by atoms with Crippen molar-refractivity contribution in [1.29, 1.82) is 0 Å². The highest BCUT2D eigenvalue weighted by Crippen LogP contribution is 2.40. The normalized spacial score (nSPS) is 28.6. The van der Waals surface area contributed by atoms with E-state index in [2.05, 4.69) is 25.3 Å². The number of aryl methyl sites for hydroxylation is 1. The molecule has 2 saturated heterocycles. The summed E-state index contributed by atoms with van der Waals surface area (Å²) >= 11 is 0. The zero-order chi connectivity index (χ0) is 51.6. The van der Waals surface area contributed by atoms with Gasteiger partial charge in [-0.2, -0.15) is 0 Å². The number of carbonyl (C=O) groups is 3. The number of fused-ring (bicyclic) bond motifs is 1. The van der Waals surface area contributed by atoms with Crippen molar-refractivity contribution in [1.82, 2.24) is 39.8 Å². The number of amides is 1. The number of rotatable bonds is 20. The summed E-state index contributed by atoms with van der Waals surface area (Å²) in [4.78, 5) is 50.3. The Kier molecular flexibility index (Phi) is 19.9. The van der Waals surface area contributed by atoms with Crippen LogP contribution in [0, 0.1) is 17.8 Å². The number of aromatic nitrogens is 4. The minimum absolute atomic E-state index is 0.0208. The number of methoxy groups -OCH3 is 1. The van der Waals surface area contributed by atoms with Gasteiger partial charge in [0, 0.05) is 68.4 Å². The number of unbranched alkanes of at least 4 members (excludes halogenated alkanes) is 1. The highest BCUT2D eigenvalue weighted by atomic mass is 32.2. The summed E-state index contributed by atoms with van der Waals surface area (Å²) in [5.41, 5.74) is 5.66. The lowest BCUT2D eigenvalue weighted by atomic mass is 9.78. The summed E-state index contributed by atoms with van der Waals surface area (Å²) in [5, 5.41) is 24.2. The van der Waals surface area contributed by atoms with Gasteiger partial charge in [-0.3, -0.25) is 24.2 Å². The van der Waals surface area contributed by atoms with E-state index in [-0.39, 0.29) is 36.4 Å². The maximum atomic E-state index is 14.7.